The van der Waals surface area contributed by atoms with Crippen molar-refractivity contribution in [2.75, 3.05) is 6.54 Å². The number of hydrogen-bond acceptors (Lipinski definition) is 2. The van der Waals surface area contributed by atoms with Crippen LogP contribution in [0, 0.1) is 11.6 Å². The van der Waals surface area contributed by atoms with Gasteiger partial charge in [-0.05, 0) is 37.5 Å². The van der Waals surface area contributed by atoms with E-state index in [1.165, 1.54) is 18.9 Å². The average Bonchev–Trinajstić information content (AvgIpc) is 2.92. The third kappa shape index (κ3) is 4.00. The van der Waals surface area contributed by atoms with Crippen molar-refractivity contribution in [3.8, 4) is 0 Å². The van der Waals surface area contributed by atoms with E-state index in [1.54, 1.807) is 6.92 Å². The molecule has 1 fully saturated rings. The number of rotatable bonds is 5. The molecule has 0 aliphatic heterocycles. The first kappa shape index (κ1) is 14.9. The minimum atomic E-state index is -0.896. The normalized spacial score (nSPS) is 17.1. The summed E-state index contributed by atoms with van der Waals surface area (Å²) in [6, 6.07) is 3.75. The van der Waals surface area contributed by atoms with E-state index in [-0.39, 0.29) is 18.5 Å². The van der Waals surface area contributed by atoms with E-state index >= 15 is 0 Å². The van der Waals surface area contributed by atoms with Crippen LogP contribution in [0.15, 0.2) is 18.2 Å². The van der Waals surface area contributed by atoms with Gasteiger partial charge >= 0.3 is 0 Å². The molecule has 0 radical (unpaired) electrons. The van der Waals surface area contributed by atoms with Gasteiger partial charge < -0.3 is 10.6 Å². The van der Waals surface area contributed by atoms with Crippen LogP contribution in [0.5, 0.6) is 0 Å². The summed E-state index contributed by atoms with van der Waals surface area (Å²) < 4.78 is 26.0. The zero-order chi connectivity index (χ0) is 14.5. The summed E-state index contributed by atoms with van der Waals surface area (Å²) in [5, 5.41) is 5.99. The summed E-state index contributed by atoms with van der Waals surface area (Å²) in [7, 11) is 0. The summed E-state index contributed by atoms with van der Waals surface area (Å²) in [4.78, 5) is 11.8. The fraction of sp³-hybridized carbons (Fsp3) is 0.533. The van der Waals surface area contributed by atoms with Gasteiger partial charge in [-0.3, -0.25) is 4.79 Å². The molecule has 0 heterocycles. The highest BCUT2D eigenvalue weighted by Crippen LogP contribution is 2.18. The van der Waals surface area contributed by atoms with Gasteiger partial charge in [0.1, 0.15) is 0 Å². The molecule has 0 saturated heterocycles. The second kappa shape index (κ2) is 6.79. The van der Waals surface area contributed by atoms with Gasteiger partial charge in [0.05, 0.1) is 12.6 Å². The molecular weight excluding hydrogens is 262 g/mol. The van der Waals surface area contributed by atoms with Gasteiger partial charge in [0, 0.05) is 6.04 Å². The number of benzene rings is 1. The summed E-state index contributed by atoms with van der Waals surface area (Å²) in [6.07, 6.45) is 4.66. The number of amides is 1. The van der Waals surface area contributed by atoms with Crippen LogP contribution in [0.2, 0.25) is 0 Å². The van der Waals surface area contributed by atoms with E-state index in [9.17, 15) is 13.6 Å². The van der Waals surface area contributed by atoms with E-state index in [1.807, 2.05) is 0 Å². The molecule has 1 aliphatic carbocycles. The van der Waals surface area contributed by atoms with E-state index < -0.39 is 11.6 Å². The first-order valence-corrected chi connectivity index (χ1v) is 7.04. The van der Waals surface area contributed by atoms with Crippen LogP contribution in [-0.2, 0) is 4.79 Å². The average molecular weight is 282 g/mol. The van der Waals surface area contributed by atoms with Crippen molar-refractivity contribution >= 4 is 5.91 Å². The third-order valence-corrected chi connectivity index (χ3v) is 3.73. The SMILES string of the molecule is CC(NC(=O)CNC1CCCC1)c1ccc(F)c(F)c1. The Morgan fingerprint density at radius 2 is 2.00 bits per heavy atom. The Morgan fingerprint density at radius 3 is 2.65 bits per heavy atom. The highest BCUT2D eigenvalue weighted by Gasteiger charge is 2.16. The molecule has 1 unspecified atom stereocenters. The molecule has 1 aromatic carbocycles. The molecule has 110 valence electrons. The molecule has 5 heteroatoms. The van der Waals surface area contributed by atoms with Crippen LogP contribution in [-0.4, -0.2) is 18.5 Å². The van der Waals surface area contributed by atoms with Crippen LogP contribution in [0.1, 0.15) is 44.2 Å². The zero-order valence-electron chi connectivity index (χ0n) is 11.6. The molecule has 0 aromatic heterocycles. The maximum atomic E-state index is 13.1. The highest BCUT2D eigenvalue weighted by molar-refractivity contribution is 5.78. The summed E-state index contributed by atoms with van der Waals surface area (Å²) in [5.41, 5.74) is 0.554. The Balaban J connectivity index is 1.81. The monoisotopic (exact) mass is 282 g/mol. The van der Waals surface area contributed by atoms with Crippen LogP contribution in [0.3, 0.4) is 0 Å². The minimum Gasteiger partial charge on any atom is -0.348 e. The lowest BCUT2D eigenvalue weighted by molar-refractivity contribution is -0.121. The second-order valence-electron chi connectivity index (χ2n) is 5.33. The molecule has 1 aliphatic rings. The lowest BCUT2D eigenvalue weighted by Crippen LogP contribution is -2.39. The predicted molar refractivity (Wildman–Crippen MR) is 73.2 cm³/mol. The van der Waals surface area contributed by atoms with Crippen molar-refractivity contribution in [2.45, 2.75) is 44.7 Å². The summed E-state index contributed by atoms with van der Waals surface area (Å²) in [6.45, 7) is 2.01. The maximum absolute atomic E-state index is 13.1. The van der Waals surface area contributed by atoms with Gasteiger partial charge in [0.25, 0.3) is 0 Å². The summed E-state index contributed by atoms with van der Waals surface area (Å²) >= 11 is 0. The number of hydrogen-bond donors (Lipinski definition) is 2. The van der Waals surface area contributed by atoms with Crippen molar-refractivity contribution < 1.29 is 13.6 Å². The molecule has 20 heavy (non-hydrogen) atoms. The van der Waals surface area contributed by atoms with Crippen LogP contribution < -0.4 is 10.6 Å². The number of nitrogens with one attached hydrogen (secondary N) is 2. The maximum Gasteiger partial charge on any atom is 0.234 e. The van der Waals surface area contributed by atoms with Gasteiger partial charge in [-0.2, -0.15) is 0 Å². The van der Waals surface area contributed by atoms with E-state index in [0.29, 0.717) is 11.6 Å². The largest absolute Gasteiger partial charge is 0.348 e. The Bertz CT molecular complexity index is 473. The lowest BCUT2D eigenvalue weighted by atomic mass is 10.1. The smallest absolute Gasteiger partial charge is 0.234 e. The van der Waals surface area contributed by atoms with Crippen LogP contribution in [0.25, 0.3) is 0 Å². The predicted octanol–water partition coefficient (Wildman–Crippen LogP) is 2.67. The molecule has 1 aromatic rings. The molecule has 0 spiro atoms. The molecule has 1 atom stereocenters. The Morgan fingerprint density at radius 1 is 1.30 bits per heavy atom. The van der Waals surface area contributed by atoms with Gasteiger partial charge in [0.2, 0.25) is 5.91 Å². The first-order chi connectivity index (χ1) is 9.56. The fourth-order valence-corrected chi connectivity index (χ4v) is 2.52. The fourth-order valence-electron chi connectivity index (χ4n) is 2.52. The molecule has 2 N–H and O–H groups in total. The zero-order valence-corrected chi connectivity index (χ0v) is 11.6. The highest BCUT2D eigenvalue weighted by atomic mass is 19.2. The topological polar surface area (TPSA) is 41.1 Å². The van der Waals surface area contributed by atoms with Crippen molar-refractivity contribution in [1.29, 1.82) is 0 Å². The van der Waals surface area contributed by atoms with E-state index in [0.717, 1.165) is 25.0 Å². The standard InChI is InChI=1S/C15H20F2N2O/c1-10(11-6-7-13(16)14(17)8-11)19-15(20)9-18-12-4-2-3-5-12/h6-8,10,12,18H,2-5,9H2,1H3,(H,19,20). The van der Waals surface area contributed by atoms with Crippen molar-refractivity contribution in [2.24, 2.45) is 0 Å². The van der Waals surface area contributed by atoms with Crippen LogP contribution in [0.4, 0.5) is 8.78 Å². The quantitative estimate of drug-likeness (QED) is 0.871. The van der Waals surface area contributed by atoms with Crippen molar-refractivity contribution in [1.82, 2.24) is 10.6 Å². The molecule has 3 nitrogen and oxygen atoms in total. The Hall–Kier alpha value is -1.49. The van der Waals surface area contributed by atoms with Crippen molar-refractivity contribution in [3.63, 3.8) is 0 Å². The Kier molecular flexibility index (Phi) is 5.06. The first-order valence-electron chi connectivity index (χ1n) is 7.04. The van der Waals surface area contributed by atoms with Gasteiger partial charge in [-0.15, -0.1) is 0 Å². The van der Waals surface area contributed by atoms with Crippen molar-refractivity contribution in [3.05, 3.63) is 35.4 Å². The lowest BCUT2D eigenvalue weighted by Gasteiger charge is -2.16. The molecule has 2 rings (SSSR count). The van der Waals surface area contributed by atoms with Gasteiger partial charge in [-0.1, -0.05) is 18.9 Å². The molecule has 0 bridgehead atoms. The van der Waals surface area contributed by atoms with Crippen LogP contribution >= 0.6 is 0 Å². The third-order valence-electron chi connectivity index (χ3n) is 3.73. The molecular formula is C15H20F2N2O. The van der Waals surface area contributed by atoms with E-state index in [4.69, 9.17) is 0 Å². The number of halogens is 2. The van der Waals surface area contributed by atoms with E-state index in [2.05, 4.69) is 10.6 Å². The number of carbonyl (C=O) groups is 1. The molecule has 1 amide bonds. The Labute approximate surface area is 117 Å². The second-order valence-corrected chi connectivity index (χ2v) is 5.33. The van der Waals surface area contributed by atoms with Gasteiger partial charge in [0.15, 0.2) is 11.6 Å². The minimum absolute atomic E-state index is 0.130. The molecule has 1 saturated carbocycles. The number of carbonyl (C=O) groups excluding carboxylic acids is 1. The summed E-state index contributed by atoms with van der Waals surface area (Å²) in [5.74, 6) is -1.91. The van der Waals surface area contributed by atoms with Gasteiger partial charge in [-0.25, -0.2) is 8.78 Å².